The lowest BCUT2D eigenvalue weighted by atomic mass is 10.1. The van der Waals surface area contributed by atoms with E-state index in [1.165, 1.54) is 0 Å². The monoisotopic (exact) mass is 162 g/mol. The molecule has 0 unspecified atom stereocenters. The molecule has 12 heavy (non-hydrogen) atoms. The van der Waals surface area contributed by atoms with Crippen LogP contribution in [-0.4, -0.2) is 10.9 Å². The Balaban J connectivity index is 2.16. The van der Waals surface area contributed by atoms with Crippen LogP contribution in [0.25, 0.3) is 0 Å². The van der Waals surface area contributed by atoms with E-state index in [2.05, 4.69) is 10.3 Å². The third-order valence-electron chi connectivity index (χ3n) is 2.10. The molecule has 1 aromatic heterocycles. The lowest BCUT2D eigenvalue weighted by Crippen LogP contribution is -2.18. The molecular formula is C9H10N2O. The average molecular weight is 162 g/mol. The van der Waals surface area contributed by atoms with E-state index in [1.807, 2.05) is 12.1 Å². The SMILES string of the molecule is O=C1CC[C@H](c2ccncc2)N1. The quantitative estimate of drug-likeness (QED) is 0.670. The second-order valence-corrected chi connectivity index (χ2v) is 2.94. The number of carbonyl (C=O) groups excluding carboxylic acids is 1. The molecule has 1 N–H and O–H groups in total. The van der Waals surface area contributed by atoms with Crippen LogP contribution in [0.15, 0.2) is 24.5 Å². The summed E-state index contributed by atoms with van der Waals surface area (Å²) in [5.74, 6) is 0.150. The molecule has 0 aromatic carbocycles. The summed E-state index contributed by atoms with van der Waals surface area (Å²) in [5.41, 5.74) is 1.15. The van der Waals surface area contributed by atoms with E-state index in [4.69, 9.17) is 0 Å². The van der Waals surface area contributed by atoms with Gasteiger partial charge in [0.15, 0.2) is 0 Å². The van der Waals surface area contributed by atoms with Crippen molar-refractivity contribution in [3.05, 3.63) is 30.1 Å². The highest BCUT2D eigenvalue weighted by molar-refractivity contribution is 5.78. The van der Waals surface area contributed by atoms with Gasteiger partial charge >= 0.3 is 0 Å². The van der Waals surface area contributed by atoms with Crippen molar-refractivity contribution in [1.29, 1.82) is 0 Å². The van der Waals surface area contributed by atoms with E-state index in [9.17, 15) is 4.79 Å². The van der Waals surface area contributed by atoms with Gasteiger partial charge in [-0.3, -0.25) is 9.78 Å². The Hall–Kier alpha value is -1.38. The zero-order valence-corrected chi connectivity index (χ0v) is 6.66. The van der Waals surface area contributed by atoms with Crippen molar-refractivity contribution in [2.24, 2.45) is 0 Å². The Morgan fingerprint density at radius 1 is 1.42 bits per heavy atom. The van der Waals surface area contributed by atoms with Crippen molar-refractivity contribution in [3.8, 4) is 0 Å². The molecule has 0 radical (unpaired) electrons. The molecule has 62 valence electrons. The van der Waals surface area contributed by atoms with Gasteiger partial charge in [-0.05, 0) is 24.1 Å². The zero-order valence-electron chi connectivity index (χ0n) is 6.66. The van der Waals surface area contributed by atoms with Gasteiger partial charge in [0.1, 0.15) is 0 Å². The molecule has 3 heteroatoms. The predicted octanol–water partition coefficient (Wildman–Crippen LogP) is 1.03. The smallest absolute Gasteiger partial charge is 0.220 e. The number of rotatable bonds is 1. The molecule has 1 amide bonds. The molecule has 0 saturated carbocycles. The third kappa shape index (κ3) is 1.30. The van der Waals surface area contributed by atoms with Crippen LogP contribution in [0.2, 0.25) is 0 Å². The van der Waals surface area contributed by atoms with Gasteiger partial charge in [0.2, 0.25) is 5.91 Å². The van der Waals surface area contributed by atoms with Crippen molar-refractivity contribution >= 4 is 5.91 Å². The van der Waals surface area contributed by atoms with Gasteiger partial charge < -0.3 is 5.32 Å². The number of hydrogen-bond acceptors (Lipinski definition) is 2. The molecule has 0 spiro atoms. The number of amides is 1. The van der Waals surface area contributed by atoms with E-state index < -0.39 is 0 Å². The maximum absolute atomic E-state index is 10.9. The maximum Gasteiger partial charge on any atom is 0.220 e. The Morgan fingerprint density at radius 2 is 2.17 bits per heavy atom. The number of nitrogens with one attached hydrogen (secondary N) is 1. The Bertz CT molecular complexity index is 284. The Labute approximate surface area is 70.8 Å². The van der Waals surface area contributed by atoms with Crippen LogP contribution in [0.3, 0.4) is 0 Å². The molecule has 1 fully saturated rings. The minimum Gasteiger partial charge on any atom is -0.349 e. The summed E-state index contributed by atoms with van der Waals surface area (Å²) in [5, 5.41) is 2.90. The third-order valence-corrected chi connectivity index (χ3v) is 2.10. The lowest BCUT2D eigenvalue weighted by molar-refractivity contribution is -0.119. The molecule has 1 aliphatic rings. The molecule has 2 heterocycles. The van der Waals surface area contributed by atoms with Gasteiger partial charge in [-0.2, -0.15) is 0 Å². The number of pyridine rings is 1. The first-order chi connectivity index (χ1) is 5.86. The minimum absolute atomic E-state index is 0.150. The molecule has 1 atom stereocenters. The minimum atomic E-state index is 0.150. The second-order valence-electron chi connectivity index (χ2n) is 2.94. The van der Waals surface area contributed by atoms with Crippen LogP contribution in [-0.2, 0) is 4.79 Å². The fourth-order valence-electron chi connectivity index (χ4n) is 1.46. The van der Waals surface area contributed by atoms with Crippen LogP contribution >= 0.6 is 0 Å². The summed E-state index contributed by atoms with van der Waals surface area (Å²) in [7, 11) is 0. The first kappa shape index (κ1) is 7.28. The molecule has 1 aromatic rings. The highest BCUT2D eigenvalue weighted by atomic mass is 16.1. The standard InChI is InChI=1S/C9H10N2O/c12-9-2-1-8(11-9)7-3-5-10-6-4-7/h3-6,8H,1-2H2,(H,11,12)/t8-/m1/s1. The predicted molar refractivity (Wildman–Crippen MR) is 44.4 cm³/mol. The fraction of sp³-hybridized carbons (Fsp3) is 0.333. The normalized spacial score (nSPS) is 22.3. The van der Waals surface area contributed by atoms with Gasteiger partial charge in [-0.15, -0.1) is 0 Å². The van der Waals surface area contributed by atoms with Crippen LogP contribution in [0.5, 0.6) is 0 Å². The number of nitrogens with zero attached hydrogens (tertiary/aromatic N) is 1. The summed E-state index contributed by atoms with van der Waals surface area (Å²) in [6.07, 6.45) is 5.05. The number of carbonyl (C=O) groups is 1. The van der Waals surface area contributed by atoms with Gasteiger partial charge in [-0.1, -0.05) is 0 Å². The maximum atomic E-state index is 10.9. The van der Waals surface area contributed by atoms with Crippen LogP contribution in [0.1, 0.15) is 24.4 Å². The summed E-state index contributed by atoms with van der Waals surface area (Å²) in [6, 6.07) is 4.09. The van der Waals surface area contributed by atoms with Gasteiger partial charge in [-0.25, -0.2) is 0 Å². The van der Waals surface area contributed by atoms with Gasteiger partial charge in [0.05, 0.1) is 6.04 Å². The van der Waals surface area contributed by atoms with Gasteiger partial charge in [0.25, 0.3) is 0 Å². The van der Waals surface area contributed by atoms with E-state index >= 15 is 0 Å². The lowest BCUT2D eigenvalue weighted by Gasteiger charge is -2.08. The van der Waals surface area contributed by atoms with Crippen molar-refractivity contribution in [3.63, 3.8) is 0 Å². The molecule has 3 nitrogen and oxygen atoms in total. The average Bonchev–Trinajstić information content (AvgIpc) is 2.54. The molecule has 2 rings (SSSR count). The van der Waals surface area contributed by atoms with Gasteiger partial charge in [0, 0.05) is 18.8 Å². The summed E-state index contributed by atoms with van der Waals surface area (Å²) in [4.78, 5) is 14.8. The van der Waals surface area contributed by atoms with Crippen molar-refractivity contribution in [2.45, 2.75) is 18.9 Å². The first-order valence-corrected chi connectivity index (χ1v) is 4.05. The van der Waals surface area contributed by atoms with E-state index in [-0.39, 0.29) is 11.9 Å². The second kappa shape index (κ2) is 2.93. The van der Waals surface area contributed by atoms with Crippen LogP contribution < -0.4 is 5.32 Å². The molecule has 0 aliphatic carbocycles. The first-order valence-electron chi connectivity index (χ1n) is 4.05. The molecule has 0 bridgehead atoms. The van der Waals surface area contributed by atoms with E-state index in [0.717, 1.165) is 12.0 Å². The topological polar surface area (TPSA) is 42.0 Å². The highest BCUT2D eigenvalue weighted by Gasteiger charge is 2.21. The molecular weight excluding hydrogens is 152 g/mol. The Morgan fingerprint density at radius 3 is 2.75 bits per heavy atom. The summed E-state index contributed by atoms with van der Waals surface area (Å²) < 4.78 is 0. The van der Waals surface area contributed by atoms with Crippen LogP contribution in [0.4, 0.5) is 0 Å². The van der Waals surface area contributed by atoms with E-state index in [1.54, 1.807) is 12.4 Å². The molecule has 1 aliphatic heterocycles. The summed E-state index contributed by atoms with van der Waals surface area (Å²) >= 11 is 0. The molecule has 1 saturated heterocycles. The highest BCUT2D eigenvalue weighted by Crippen LogP contribution is 2.22. The summed E-state index contributed by atoms with van der Waals surface area (Å²) in [6.45, 7) is 0. The number of aromatic nitrogens is 1. The van der Waals surface area contributed by atoms with Crippen molar-refractivity contribution in [1.82, 2.24) is 10.3 Å². The fourth-order valence-corrected chi connectivity index (χ4v) is 1.46. The largest absolute Gasteiger partial charge is 0.349 e. The van der Waals surface area contributed by atoms with Crippen molar-refractivity contribution in [2.75, 3.05) is 0 Å². The number of hydrogen-bond donors (Lipinski definition) is 1. The van der Waals surface area contributed by atoms with Crippen molar-refractivity contribution < 1.29 is 4.79 Å². The zero-order chi connectivity index (χ0) is 8.39. The van der Waals surface area contributed by atoms with E-state index in [0.29, 0.717) is 6.42 Å². The Kier molecular flexibility index (Phi) is 1.78. The van der Waals surface area contributed by atoms with Crippen LogP contribution in [0, 0.1) is 0 Å².